The second kappa shape index (κ2) is 5.26. The van der Waals surface area contributed by atoms with Crippen molar-refractivity contribution in [2.45, 2.75) is 33.6 Å². The summed E-state index contributed by atoms with van der Waals surface area (Å²) in [5.74, 6) is 1.75. The first-order chi connectivity index (χ1) is 8.55. The molecule has 1 saturated carbocycles. The molecule has 2 N–H and O–H groups in total. The molecule has 0 radical (unpaired) electrons. The van der Waals surface area contributed by atoms with Crippen LogP contribution in [0.1, 0.15) is 33.6 Å². The second-order valence-corrected chi connectivity index (χ2v) is 5.49. The van der Waals surface area contributed by atoms with Crippen LogP contribution in [0.25, 0.3) is 0 Å². The van der Waals surface area contributed by atoms with Gasteiger partial charge < -0.3 is 10.6 Å². The van der Waals surface area contributed by atoms with Crippen molar-refractivity contribution < 1.29 is 0 Å². The van der Waals surface area contributed by atoms with E-state index in [-0.39, 0.29) is 5.28 Å². The highest BCUT2D eigenvalue weighted by Crippen LogP contribution is 2.51. The van der Waals surface area contributed by atoms with Crippen molar-refractivity contribution in [2.75, 3.05) is 23.7 Å². The molecule has 0 aromatic carbocycles. The van der Waals surface area contributed by atoms with Crippen molar-refractivity contribution in [3.8, 4) is 0 Å². The van der Waals surface area contributed by atoms with E-state index in [2.05, 4.69) is 39.4 Å². The fraction of sp³-hybridized carbons (Fsp3) is 0.750. The molecule has 1 fully saturated rings. The third kappa shape index (κ3) is 3.02. The van der Waals surface area contributed by atoms with Crippen molar-refractivity contribution in [3.63, 3.8) is 0 Å². The lowest BCUT2D eigenvalue weighted by molar-refractivity contribution is 0.379. The molecule has 1 aliphatic carbocycles. The zero-order chi connectivity index (χ0) is 13.2. The molecule has 0 amide bonds. The number of nitrogens with one attached hydrogen (secondary N) is 2. The van der Waals surface area contributed by atoms with Crippen molar-refractivity contribution in [1.29, 1.82) is 0 Å². The molecule has 0 bridgehead atoms. The molecule has 0 spiro atoms. The largest absolute Gasteiger partial charge is 0.354 e. The molecule has 2 rings (SSSR count). The van der Waals surface area contributed by atoms with Gasteiger partial charge in [0, 0.05) is 13.1 Å². The lowest BCUT2D eigenvalue weighted by Crippen LogP contribution is -2.22. The summed E-state index contributed by atoms with van der Waals surface area (Å²) >= 11 is 5.87. The van der Waals surface area contributed by atoms with E-state index in [1.807, 2.05) is 6.92 Å². The van der Waals surface area contributed by atoms with Crippen molar-refractivity contribution in [3.05, 3.63) is 5.28 Å². The molecule has 18 heavy (non-hydrogen) atoms. The topological polar surface area (TPSA) is 62.7 Å². The number of anilines is 2. The van der Waals surface area contributed by atoms with Gasteiger partial charge in [-0.3, -0.25) is 0 Å². The maximum Gasteiger partial charge on any atom is 0.228 e. The SMILES string of the molecule is CCNc1nc(Cl)nc(NCC2(C(C)C)CC2)n1. The first-order valence-electron chi connectivity index (χ1n) is 6.45. The van der Waals surface area contributed by atoms with E-state index < -0.39 is 0 Å². The Kier molecular flexibility index (Phi) is 3.90. The highest BCUT2D eigenvalue weighted by Gasteiger charge is 2.45. The van der Waals surface area contributed by atoms with Gasteiger partial charge >= 0.3 is 0 Å². The van der Waals surface area contributed by atoms with Crippen LogP contribution in [0.15, 0.2) is 0 Å². The minimum atomic E-state index is 0.220. The Morgan fingerprint density at radius 2 is 1.78 bits per heavy atom. The van der Waals surface area contributed by atoms with E-state index in [0.29, 0.717) is 23.2 Å². The summed E-state index contributed by atoms with van der Waals surface area (Å²) in [6.07, 6.45) is 2.55. The molecule has 0 unspecified atom stereocenters. The normalized spacial score (nSPS) is 16.7. The van der Waals surface area contributed by atoms with Crippen LogP contribution in [-0.4, -0.2) is 28.0 Å². The summed E-state index contributed by atoms with van der Waals surface area (Å²) in [5.41, 5.74) is 0.414. The Labute approximate surface area is 113 Å². The number of halogens is 1. The Morgan fingerprint density at radius 1 is 1.17 bits per heavy atom. The second-order valence-electron chi connectivity index (χ2n) is 5.15. The molecule has 1 aromatic rings. The highest BCUT2D eigenvalue weighted by molar-refractivity contribution is 6.28. The Morgan fingerprint density at radius 3 is 2.28 bits per heavy atom. The number of nitrogens with zero attached hydrogens (tertiary/aromatic N) is 3. The molecule has 1 aromatic heterocycles. The average molecular weight is 270 g/mol. The van der Waals surface area contributed by atoms with Crippen LogP contribution in [0.5, 0.6) is 0 Å². The molecule has 0 atom stereocenters. The van der Waals surface area contributed by atoms with Crippen LogP contribution in [-0.2, 0) is 0 Å². The molecule has 0 saturated heterocycles. The van der Waals surface area contributed by atoms with Crippen LogP contribution in [0.3, 0.4) is 0 Å². The number of aromatic nitrogens is 3. The van der Waals surface area contributed by atoms with Crippen LogP contribution in [0.2, 0.25) is 5.28 Å². The quantitative estimate of drug-likeness (QED) is 0.831. The smallest absolute Gasteiger partial charge is 0.228 e. The Balaban J connectivity index is 2.01. The van der Waals surface area contributed by atoms with E-state index in [1.165, 1.54) is 12.8 Å². The first kappa shape index (κ1) is 13.3. The average Bonchev–Trinajstić information content (AvgIpc) is 3.07. The van der Waals surface area contributed by atoms with Crippen LogP contribution < -0.4 is 10.6 Å². The lowest BCUT2D eigenvalue weighted by atomic mass is 9.92. The summed E-state index contributed by atoms with van der Waals surface area (Å²) in [5, 5.41) is 6.54. The summed E-state index contributed by atoms with van der Waals surface area (Å²) < 4.78 is 0. The molecular formula is C12H20ClN5. The van der Waals surface area contributed by atoms with E-state index >= 15 is 0 Å². The number of hydrogen-bond acceptors (Lipinski definition) is 5. The van der Waals surface area contributed by atoms with Gasteiger partial charge in [0.05, 0.1) is 0 Å². The van der Waals surface area contributed by atoms with Crippen molar-refractivity contribution in [2.24, 2.45) is 11.3 Å². The first-order valence-corrected chi connectivity index (χ1v) is 6.83. The minimum absolute atomic E-state index is 0.220. The molecule has 0 aliphatic heterocycles. The fourth-order valence-electron chi connectivity index (χ4n) is 2.04. The monoisotopic (exact) mass is 269 g/mol. The maximum atomic E-state index is 5.87. The number of rotatable bonds is 6. The summed E-state index contributed by atoms with van der Waals surface area (Å²) in [4.78, 5) is 12.4. The molecule has 6 heteroatoms. The summed E-state index contributed by atoms with van der Waals surface area (Å²) in [6, 6.07) is 0. The van der Waals surface area contributed by atoms with E-state index in [4.69, 9.17) is 11.6 Å². The third-order valence-electron chi connectivity index (χ3n) is 3.66. The van der Waals surface area contributed by atoms with Gasteiger partial charge in [0.2, 0.25) is 17.2 Å². The minimum Gasteiger partial charge on any atom is -0.354 e. The highest BCUT2D eigenvalue weighted by atomic mass is 35.5. The molecule has 5 nitrogen and oxygen atoms in total. The maximum absolute atomic E-state index is 5.87. The van der Waals surface area contributed by atoms with Crippen LogP contribution >= 0.6 is 11.6 Å². The van der Waals surface area contributed by atoms with Gasteiger partial charge in [-0.2, -0.15) is 15.0 Å². The fourth-order valence-corrected chi connectivity index (χ4v) is 2.20. The van der Waals surface area contributed by atoms with E-state index in [1.54, 1.807) is 0 Å². The van der Waals surface area contributed by atoms with Gasteiger partial charge in [0.1, 0.15) is 0 Å². The summed E-state index contributed by atoms with van der Waals surface area (Å²) in [7, 11) is 0. The van der Waals surface area contributed by atoms with Crippen molar-refractivity contribution >= 4 is 23.5 Å². The molecule has 1 aliphatic rings. The molecule has 100 valence electrons. The summed E-state index contributed by atoms with van der Waals surface area (Å²) in [6.45, 7) is 8.17. The van der Waals surface area contributed by atoms with Gasteiger partial charge in [-0.05, 0) is 42.7 Å². The zero-order valence-corrected chi connectivity index (χ0v) is 11.9. The van der Waals surface area contributed by atoms with E-state index in [9.17, 15) is 0 Å². The van der Waals surface area contributed by atoms with Gasteiger partial charge in [-0.15, -0.1) is 0 Å². The Hall–Kier alpha value is -1.10. The molecular weight excluding hydrogens is 250 g/mol. The van der Waals surface area contributed by atoms with Crippen LogP contribution in [0, 0.1) is 11.3 Å². The van der Waals surface area contributed by atoms with Crippen LogP contribution in [0.4, 0.5) is 11.9 Å². The third-order valence-corrected chi connectivity index (χ3v) is 3.83. The predicted molar refractivity (Wildman–Crippen MR) is 74.0 cm³/mol. The standard InChI is InChI=1S/C12H20ClN5/c1-4-14-10-16-9(13)17-11(18-10)15-7-12(5-6-12)8(2)3/h8H,4-7H2,1-3H3,(H2,14,15,16,17,18). The number of hydrogen-bond donors (Lipinski definition) is 2. The van der Waals surface area contributed by atoms with Gasteiger partial charge in [0.25, 0.3) is 0 Å². The lowest BCUT2D eigenvalue weighted by Gasteiger charge is -2.20. The molecule has 1 heterocycles. The van der Waals surface area contributed by atoms with Crippen molar-refractivity contribution in [1.82, 2.24) is 15.0 Å². The van der Waals surface area contributed by atoms with E-state index in [0.717, 1.165) is 13.1 Å². The zero-order valence-electron chi connectivity index (χ0n) is 11.1. The predicted octanol–water partition coefficient (Wildman–Crippen LogP) is 2.80. The Bertz CT molecular complexity index is 417. The van der Waals surface area contributed by atoms with Gasteiger partial charge in [-0.1, -0.05) is 13.8 Å². The van der Waals surface area contributed by atoms with Gasteiger partial charge in [0.15, 0.2) is 0 Å². The van der Waals surface area contributed by atoms with Gasteiger partial charge in [-0.25, -0.2) is 0 Å².